The molecular formula is C22H22ClN3O. The fraction of sp³-hybridized carbons (Fsp3) is 0.227. The van der Waals surface area contributed by atoms with Gasteiger partial charge in [0.15, 0.2) is 0 Å². The Bertz CT molecular complexity index is 962. The first-order valence-electron chi connectivity index (χ1n) is 9.13. The van der Waals surface area contributed by atoms with Crippen molar-refractivity contribution in [3.63, 3.8) is 0 Å². The Morgan fingerprint density at radius 1 is 1.07 bits per heavy atom. The average molecular weight is 380 g/mol. The monoisotopic (exact) mass is 379 g/mol. The van der Waals surface area contributed by atoms with Gasteiger partial charge in [0.05, 0.1) is 18.3 Å². The van der Waals surface area contributed by atoms with Gasteiger partial charge in [0.1, 0.15) is 0 Å². The molecule has 1 atom stereocenters. The van der Waals surface area contributed by atoms with Gasteiger partial charge >= 0.3 is 6.03 Å². The first kappa shape index (κ1) is 17.7. The Labute approximate surface area is 164 Å². The van der Waals surface area contributed by atoms with Crippen LogP contribution >= 0.6 is 11.6 Å². The van der Waals surface area contributed by atoms with Gasteiger partial charge in [-0.05, 0) is 53.9 Å². The minimum atomic E-state index is -0.111. The molecule has 0 fully saturated rings. The molecule has 1 N–H and O–H groups in total. The number of hydrogen-bond donors (Lipinski definition) is 1. The topological polar surface area (TPSA) is 37.3 Å². The molecule has 0 aliphatic carbocycles. The van der Waals surface area contributed by atoms with Gasteiger partial charge in [-0.1, -0.05) is 43.6 Å². The zero-order valence-corrected chi connectivity index (χ0v) is 16.1. The number of rotatable bonds is 2. The van der Waals surface area contributed by atoms with Crippen molar-refractivity contribution >= 4 is 23.3 Å². The standard InChI is InChI=1S/C22H22ClN3O/c1-15(2)21-20-8-5-13-25(20)19-7-4-3-6-16(19)14-26(21)22(27)24-18-11-9-17(23)10-12-18/h3-13,15,21H,14H2,1-2H3,(H,24,27)/t21-/m0/s1. The molecule has 3 aromatic rings. The lowest BCUT2D eigenvalue weighted by atomic mass is 9.99. The summed E-state index contributed by atoms with van der Waals surface area (Å²) in [5, 5.41) is 3.67. The number of fused-ring (bicyclic) bond motifs is 3. The fourth-order valence-corrected chi connectivity index (χ4v) is 3.93. The van der Waals surface area contributed by atoms with E-state index in [2.05, 4.69) is 48.1 Å². The summed E-state index contributed by atoms with van der Waals surface area (Å²) in [6.45, 7) is 4.86. The third-order valence-electron chi connectivity index (χ3n) is 5.00. The van der Waals surface area contributed by atoms with Gasteiger partial charge in [0.25, 0.3) is 0 Å². The summed E-state index contributed by atoms with van der Waals surface area (Å²) in [7, 11) is 0. The molecule has 2 heterocycles. The van der Waals surface area contributed by atoms with Crippen LogP contribution in [0.15, 0.2) is 66.9 Å². The van der Waals surface area contributed by atoms with Gasteiger partial charge < -0.3 is 14.8 Å². The largest absolute Gasteiger partial charge is 0.322 e. The van der Waals surface area contributed by atoms with Gasteiger partial charge in [0, 0.05) is 22.6 Å². The van der Waals surface area contributed by atoms with Crippen molar-refractivity contribution in [2.75, 3.05) is 5.32 Å². The summed E-state index contributed by atoms with van der Waals surface area (Å²) in [5.74, 6) is 0.268. The summed E-state index contributed by atoms with van der Waals surface area (Å²) in [6.07, 6.45) is 2.07. The van der Waals surface area contributed by atoms with Crippen LogP contribution in [0, 0.1) is 5.92 Å². The minimum Gasteiger partial charge on any atom is -0.318 e. The molecule has 0 bridgehead atoms. The summed E-state index contributed by atoms with van der Waals surface area (Å²) in [4.78, 5) is 15.2. The summed E-state index contributed by atoms with van der Waals surface area (Å²) < 4.78 is 2.20. The van der Waals surface area contributed by atoms with Gasteiger partial charge in [-0.25, -0.2) is 4.79 Å². The molecular weight excluding hydrogens is 358 g/mol. The van der Waals surface area contributed by atoms with E-state index in [1.54, 1.807) is 12.1 Å². The Balaban J connectivity index is 1.74. The van der Waals surface area contributed by atoms with Gasteiger partial charge in [0.2, 0.25) is 0 Å². The van der Waals surface area contributed by atoms with Crippen molar-refractivity contribution in [1.29, 1.82) is 0 Å². The normalized spacial score (nSPS) is 15.9. The smallest absolute Gasteiger partial charge is 0.318 e. The molecule has 0 spiro atoms. The van der Waals surface area contributed by atoms with Crippen LogP contribution in [0.4, 0.5) is 10.5 Å². The molecule has 4 nitrogen and oxygen atoms in total. The van der Waals surface area contributed by atoms with Crippen LogP contribution in [0.2, 0.25) is 5.02 Å². The van der Waals surface area contributed by atoms with Crippen molar-refractivity contribution in [1.82, 2.24) is 9.47 Å². The number of amides is 2. The zero-order chi connectivity index (χ0) is 19.0. The molecule has 5 heteroatoms. The van der Waals surface area contributed by atoms with Crippen LogP contribution in [-0.2, 0) is 6.54 Å². The number of nitrogens with one attached hydrogen (secondary N) is 1. The van der Waals surface area contributed by atoms with E-state index < -0.39 is 0 Å². The quantitative estimate of drug-likeness (QED) is 0.593. The highest BCUT2D eigenvalue weighted by molar-refractivity contribution is 6.30. The number of urea groups is 1. The van der Waals surface area contributed by atoms with Gasteiger partial charge in [-0.15, -0.1) is 0 Å². The molecule has 1 aliphatic rings. The molecule has 4 rings (SSSR count). The maximum atomic E-state index is 13.2. The summed E-state index contributed by atoms with van der Waals surface area (Å²) in [5.41, 5.74) is 4.12. The molecule has 27 heavy (non-hydrogen) atoms. The number of hydrogen-bond acceptors (Lipinski definition) is 1. The number of para-hydroxylation sites is 1. The van der Waals surface area contributed by atoms with Crippen LogP contribution in [0.3, 0.4) is 0 Å². The number of aromatic nitrogens is 1. The average Bonchev–Trinajstić information content (AvgIpc) is 3.07. The van der Waals surface area contributed by atoms with E-state index in [1.807, 2.05) is 35.2 Å². The van der Waals surface area contributed by atoms with Crippen molar-refractivity contribution in [3.8, 4) is 5.69 Å². The highest BCUT2D eigenvalue weighted by atomic mass is 35.5. The Kier molecular flexibility index (Phi) is 4.66. The van der Waals surface area contributed by atoms with Crippen LogP contribution in [-0.4, -0.2) is 15.5 Å². The van der Waals surface area contributed by atoms with E-state index in [1.165, 1.54) is 0 Å². The second-order valence-electron chi connectivity index (χ2n) is 7.19. The van der Waals surface area contributed by atoms with Crippen molar-refractivity contribution in [2.45, 2.75) is 26.4 Å². The molecule has 2 amide bonds. The molecule has 0 saturated heterocycles. The number of halogens is 1. The van der Waals surface area contributed by atoms with E-state index in [4.69, 9.17) is 11.6 Å². The predicted octanol–water partition coefficient (Wildman–Crippen LogP) is 5.88. The number of carbonyl (C=O) groups is 1. The molecule has 0 unspecified atom stereocenters. The van der Waals surface area contributed by atoms with Crippen LogP contribution in [0.5, 0.6) is 0 Å². The number of nitrogens with zero attached hydrogens (tertiary/aromatic N) is 2. The summed E-state index contributed by atoms with van der Waals surface area (Å²) in [6, 6.07) is 19.5. The lowest BCUT2D eigenvalue weighted by molar-refractivity contribution is 0.162. The molecule has 2 aromatic carbocycles. The fourth-order valence-electron chi connectivity index (χ4n) is 3.80. The van der Waals surface area contributed by atoms with Crippen molar-refractivity contribution in [2.24, 2.45) is 5.92 Å². The maximum absolute atomic E-state index is 13.2. The number of carbonyl (C=O) groups excluding carboxylic acids is 1. The van der Waals surface area contributed by atoms with E-state index in [0.717, 1.165) is 22.6 Å². The van der Waals surface area contributed by atoms with Crippen molar-refractivity contribution < 1.29 is 4.79 Å². The second-order valence-corrected chi connectivity index (χ2v) is 7.62. The lowest BCUT2D eigenvalue weighted by Gasteiger charge is -2.33. The molecule has 0 saturated carbocycles. The van der Waals surface area contributed by atoms with E-state index in [0.29, 0.717) is 11.6 Å². The van der Waals surface area contributed by atoms with Gasteiger partial charge in [-0.3, -0.25) is 0 Å². The van der Waals surface area contributed by atoms with E-state index in [9.17, 15) is 4.79 Å². The molecule has 138 valence electrons. The first-order chi connectivity index (χ1) is 13.0. The maximum Gasteiger partial charge on any atom is 0.322 e. The van der Waals surface area contributed by atoms with Crippen LogP contribution in [0.25, 0.3) is 5.69 Å². The van der Waals surface area contributed by atoms with Crippen LogP contribution < -0.4 is 5.32 Å². The Hall–Kier alpha value is -2.72. The zero-order valence-electron chi connectivity index (χ0n) is 15.4. The van der Waals surface area contributed by atoms with E-state index in [-0.39, 0.29) is 18.0 Å². The molecule has 1 aromatic heterocycles. The molecule has 0 radical (unpaired) electrons. The minimum absolute atomic E-state index is 0.0281. The lowest BCUT2D eigenvalue weighted by Crippen LogP contribution is -2.39. The van der Waals surface area contributed by atoms with Crippen LogP contribution in [0.1, 0.15) is 31.1 Å². The van der Waals surface area contributed by atoms with Gasteiger partial charge in [-0.2, -0.15) is 0 Å². The van der Waals surface area contributed by atoms with E-state index >= 15 is 0 Å². The highest BCUT2D eigenvalue weighted by Crippen LogP contribution is 2.36. The third kappa shape index (κ3) is 3.33. The second kappa shape index (κ2) is 7.12. The highest BCUT2D eigenvalue weighted by Gasteiger charge is 2.33. The SMILES string of the molecule is CC(C)[C@H]1c2cccn2-c2ccccc2CN1C(=O)Nc1ccc(Cl)cc1. The predicted molar refractivity (Wildman–Crippen MR) is 109 cm³/mol. The Morgan fingerprint density at radius 3 is 2.56 bits per heavy atom. The van der Waals surface area contributed by atoms with Crippen molar-refractivity contribution in [3.05, 3.63) is 83.1 Å². The number of benzene rings is 2. The third-order valence-corrected chi connectivity index (χ3v) is 5.25. The first-order valence-corrected chi connectivity index (χ1v) is 9.51. The summed E-state index contributed by atoms with van der Waals surface area (Å²) >= 11 is 5.96. The Morgan fingerprint density at radius 2 is 1.81 bits per heavy atom. The number of anilines is 1. The molecule has 1 aliphatic heterocycles.